The molecule has 3 nitrogen and oxygen atoms in total. The van der Waals surface area contributed by atoms with E-state index in [1.807, 2.05) is 0 Å². The van der Waals surface area contributed by atoms with Gasteiger partial charge in [-0.15, -0.1) is 0 Å². The minimum Gasteiger partial charge on any atom is -0.355 e. The van der Waals surface area contributed by atoms with Gasteiger partial charge in [-0.1, -0.05) is 0 Å². The zero-order valence-corrected chi connectivity index (χ0v) is 6.95. The number of piperidine rings is 1. The van der Waals surface area contributed by atoms with Crippen molar-refractivity contribution >= 4 is 5.84 Å². The lowest BCUT2D eigenvalue weighted by Gasteiger charge is -2.31. The molecule has 0 atom stereocenters. The first-order valence-electron chi connectivity index (χ1n) is 4.31. The van der Waals surface area contributed by atoms with Crippen LogP contribution < -0.4 is 0 Å². The third kappa shape index (κ3) is 1.20. The Bertz CT molecular complexity index is 283. The number of nitriles is 1. The summed E-state index contributed by atoms with van der Waals surface area (Å²) >= 11 is 0. The number of amidine groups is 1. The second kappa shape index (κ2) is 2.98. The normalized spacial score (nSPS) is 22.1. The molecule has 0 aromatic heterocycles. The van der Waals surface area contributed by atoms with E-state index in [1.54, 1.807) is 6.20 Å². The van der Waals surface area contributed by atoms with Crippen LogP contribution in [-0.4, -0.2) is 23.8 Å². The fraction of sp³-hybridized carbons (Fsp3) is 0.556. The molecule has 1 saturated heterocycles. The van der Waals surface area contributed by atoms with Crippen molar-refractivity contribution in [3.8, 4) is 6.07 Å². The molecular weight excluding hydrogens is 150 g/mol. The molecule has 3 heteroatoms. The number of hydrogen-bond acceptors (Lipinski definition) is 3. The summed E-state index contributed by atoms with van der Waals surface area (Å²) in [5.74, 6) is 1.17. The quantitative estimate of drug-likeness (QED) is 0.537. The molecule has 62 valence electrons. The average molecular weight is 161 g/mol. The van der Waals surface area contributed by atoms with Gasteiger partial charge in [0.15, 0.2) is 0 Å². The third-order valence-corrected chi connectivity index (χ3v) is 2.32. The van der Waals surface area contributed by atoms with Crippen LogP contribution in [0.3, 0.4) is 0 Å². The van der Waals surface area contributed by atoms with E-state index >= 15 is 0 Å². The first-order valence-corrected chi connectivity index (χ1v) is 4.31. The van der Waals surface area contributed by atoms with Gasteiger partial charge in [0.1, 0.15) is 5.84 Å². The molecule has 0 radical (unpaired) electrons. The lowest BCUT2D eigenvalue weighted by molar-refractivity contribution is 0.393. The maximum atomic E-state index is 8.67. The number of aliphatic imine (C=N–C) groups is 1. The van der Waals surface area contributed by atoms with Gasteiger partial charge in [-0.2, -0.15) is 5.26 Å². The van der Waals surface area contributed by atoms with Crippen LogP contribution in [0.2, 0.25) is 0 Å². The first kappa shape index (κ1) is 7.35. The van der Waals surface area contributed by atoms with Gasteiger partial charge in [-0.3, -0.25) is 0 Å². The van der Waals surface area contributed by atoms with Crippen LogP contribution in [0.5, 0.6) is 0 Å². The predicted molar refractivity (Wildman–Crippen MR) is 46.6 cm³/mol. The van der Waals surface area contributed by atoms with Crippen LogP contribution in [0.4, 0.5) is 0 Å². The third-order valence-electron chi connectivity index (χ3n) is 2.32. The summed E-state index contributed by atoms with van der Waals surface area (Å²) in [7, 11) is 0. The fourth-order valence-electron chi connectivity index (χ4n) is 1.65. The highest BCUT2D eigenvalue weighted by molar-refractivity contribution is 5.84. The predicted octanol–water partition coefficient (Wildman–Crippen LogP) is 1.29. The number of fused-ring (bicyclic) bond motifs is 1. The molecule has 0 unspecified atom stereocenters. The van der Waals surface area contributed by atoms with E-state index in [4.69, 9.17) is 5.26 Å². The van der Waals surface area contributed by atoms with Crippen molar-refractivity contribution in [1.29, 1.82) is 5.26 Å². The van der Waals surface area contributed by atoms with E-state index in [0.717, 1.165) is 25.1 Å². The van der Waals surface area contributed by atoms with E-state index < -0.39 is 0 Å². The topological polar surface area (TPSA) is 39.4 Å². The molecule has 0 aromatic carbocycles. The van der Waals surface area contributed by atoms with Crippen molar-refractivity contribution < 1.29 is 0 Å². The second-order valence-corrected chi connectivity index (χ2v) is 3.19. The molecule has 0 amide bonds. The Morgan fingerprint density at radius 3 is 3.25 bits per heavy atom. The highest BCUT2D eigenvalue weighted by Crippen LogP contribution is 2.17. The number of rotatable bonds is 0. The van der Waals surface area contributed by atoms with Crippen LogP contribution in [0, 0.1) is 11.3 Å². The second-order valence-electron chi connectivity index (χ2n) is 3.19. The van der Waals surface area contributed by atoms with Crippen molar-refractivity contribution in [2.75, 3.05) is 13.1 Å². The van der Waals surface area contributed by atoms with E-state index in [0.29, 0.717) is 0 Å². The van der Waals surface area contributed by atoms with Gasteiger partial charge in [0.2, 0.25) is 0 Å². The summed E-state index contributed by atoms with van der Waals surface area (Å²) in [5.41, 5.74) is 0.778. The highest BCUT2D eigenvalue weighted by Gasteiger charge is 2.19. The van der Waals surface area contributed by atoms with Gasteiger partial charge in [0.05, 0.1) is 18.2 Å². The van der Waals surface area contributed by atoms with E-state index in [2.05, 4.69) is 16.0 Å². The van der Waals surface area contributed by atoms with Crippen LogP contribution in [0.15, 0.2) is 16.8 Å². The maximum Gasteiger partial charge on any atom is 0.104 e. The van der Waals surface area contributed by atoms with Crippen molar-refractivity contribution in [2.24, 2.45) is 4.99 Å². The Morgan fingerprint density at radius 1 is 1.50 bits per heavy atom. The lowest BCUT2D eigenvalue weighted by atomic mass is 10.1. The van der Waals surface area contributed by atoms with Gasteiger partial charge >= 0.3 is 0 Å². The first-order chi connectivity index (χ1) is 5.90. The standard InChI is InChI=1S/C9H11N3/c10-5-8-6-11-9-3-1-2-4-12(9)7-8/h6H,1-4,7H2. The summed E-state index contributed by atoms with van der Waals surface area (Å²) in [6, 6.07) is 2.15. The zero-order chi connectivity index (χ0) is 8.39. The smallest absolute Gasteiger partial charge is 0.104 e. The largest absolute Gasteiger partial charge is 0.355 e. The Balaban J connectivity index is 2.19. The van der Waals surface area contributed by atoms with Crippen molar-refractivity contribution in [2.45, 2.75) is 19.3 Å². The molecule has 0 bridgehead atoms. The Morgan fingerprint density at radius 2 is 2.42 bits per heavy atom. The lowest BCUT2D eigenvalue weighted by Crippen LogP contribution is -2.38. The molecule has 2 aliphatic heterocycles. The molecular formula is C9H11N3. The molecule has 12 heavy (non-hydrogen) atoms. The summed E-state index contributed by atoms with van der Waals surface area (Å²) in [4.78, 5) is 6.47. The molecule has 0 spiro atoms. The van der Waals surface area contributed by atoms with Crippen LogP contribution in [0.25, 0.3) is 0 Å². The van der Waals surface area contributed by atoms with Gasteiger partial charge in [0, 0.05) is 19.2 Å². The Kier molecular flexibility index (Phi) is 1.83. The van der Waals surface area contributed by atoms with Gasteiger partial charge in [0.25, 0.3) is 0 Å². The SMILES string of the molecule is N#CC1=CN=C2CCCCN2C1. The van der Waals surface area contributed by atoms with Crippen molar-refractivity contribution in [3.05, 3.63) is 11.8 Å². The maximum absolute atomic E-state index is 8.67. The molecule has 0 aliphatic carbocycles. The Labute approximate surface area is 72.0 Å². The van der Waals surface area contributed by atoms with Gasteiger partial charge < -0.3 is 4.90 Å². The summed E-state index contributed by atoms with van der Waals surface area (Å²) in [6.07, 6.45) is 5.26. The molecule has 0 saturated carbocycles. The van der Waals surface area contributed by atoms with Crippen molar-refractivity contribution in [3.63, 3.8) is 0 Å². The molecule has 2 heterocycles. The summed E-state index contributed by atoms with van der Waals surface area (Å²) in [5, 5.41) is 8.67. The molecule has 0 N–H and O–H groups in total. The number of hydrogen-bond donors (Lipinski definition) is 0. The molecule has 2 aliphatic rings. The minimum atomic E-state index is 0.773. The minimum absolute atomic E-state index is 0.773. The van der Waals surface area contributed by atoms with E-state index in [-0.39, 0.29) is 0 Å². The monoisotopic (exact) mass is 161 g/mol. The average Bonchev–Trinajstić information content (AvgIpc) is 2.17. The summed E-state index contributed by atoms with van der Waals surface area (Å²) < 4.78 is 0. The highest BCUT2D eigenvalue weighted by atomic mass is 15.2. The van der Waals surface area contributed by atoms with Gasteiger partial charge in [-0.25, -0.2) is 4.99 Å². The Hall–Kier alpha value is -1.30. The van der Waals surface area contributed by atoms with E-state index in [9.17, 15) is 0 Å². The molecule has 2 rings (SSSR count). The van der Waals surface area contributed by atoms with Crippen LogP contribution in [-0.2, 0) is 0 Å². The van der Waals surface area contributed by atoms with Crippen molar-refractivity contribution in [1.82, 2.24) is 4.90 Å². The van der Waals surface area contributed by atoms with Crippen LogP contribution >= 0.6 is 0 Å². The molecule has 0 aromatic rings. The fourth-order valence-corrected chi connectivity index (χ4v) is 1.65. The van der Waals surface area contributed by atoms with Crippen LogP contribution in [0.1, 0.15) is 19.3 Å². The summed E-state index contributed by atoms with van der Waals surface area (Å²) in [6.45, 7) is 1.84. The van der Waals surface area contributed by atoms with Gasteiger partial charge in [-0.05, 0) is 12.8 Å². The zero-order valence-electron chi connectivity index (χ0n) is 6.95. The number of nitrogens with zero attached hydrogens (tertiary/aromatic N) is 3. The molecule has 1 fully saturated rings. The van der Waals surface area contributed by atoms with E-state index in [1.165, 1.54) is 18.7 Å².